The molecule has 0 aliphatic rings. The van der Waals surface area contributed by atoms with Gasteiger partial charge < -0.3 is 4.74 Å². The SMILES string of the molecule is CCCCCCc1ccc(C(=O)Oc2cc(C(C)C)nn2-c2ccc(C)cc2C)cc1. The Morgan fingerprint density at radius 3 is 2.39 bits per heavy atom. The molecule has 0 aliphatic heterocycles. The Balaban J connectivity index is 1.79. The summed E-state index contributed by atoms with van der Waals surface area (Å²) in [6.07, 6.45) is 6.00. The first-order chi connectivity index (χ1) is 14.9. The maximum atomic E-state index is 12.9. The molecule has 0 amide bonds. The zero-order valence-corrected chi connectivity index (χ0v) is 19.4. The number of unbranched alkanes of at least 4 members (excludes halogenated alkanes) is 3. The van der Waals surface area contributed by atoms with Gasteiger partial charge in [0.25, 0.3) is 0 Å². The van der Waals surface area contributed by atoms with Crippen molar-refractivity contribution in [2.75, 3.05) is 0 Å². The number of hydrogen-bond acceptors (Lipinski definition) is 3. The van der Waals surface area contributed by atoms with Crippen LogP contribution in [0.4, 0.5) is 0 Å². The van der Waals surface area contributed by atoms with Crippen molar-refractivity contribution in [2.45, 2.75) is 72.6 Å². The molecule has 1 aromatic heterocycles. The van der Waals surface area contributed by atoms with Crippen LogP contribution in [0.5, 0.6) is 5.88 Å². The first kappa shape index (κ1) is 22.8. The minimum absolute atomic E-state index is 0.233. The van der Waals surface area contributed by atoms with Gasteiger partial charge in [-0.25, -0.2) is 9.48 Å². The number of benzene rings is 2. The van der Waals surface area contributed by atoms with Gasteiger partial charge in [-0.2, -0.15) is 5.10 Å². The number of aromatic nitrogens is 2. The van der Waals surface area contributed by atoms with Crippen LogP contribution < -0.4 is 4.74 Å². The van der Waals surface area contributed by atoms with Crippen LogP contribution >= 0.6 is 0 Å². The fourth-order valence-electron chi connectivity index (χ4n) is 3.67. The predicted molar refractivity (Wildman–Crippen MR) is 126 cm³/mol. The van der Waals surface area contributed by atoms with E-state index in [-0.39, 0.29) is 11.9 Å². The standard InChI is InChI=1S/C27H34N2O2/c1-6-7-8-9-10-22-12-14-23(15-13-22)27(30)31-26-18-24(19(2)3)28-29(26)25-16-11-20(4)17-21(25)5/h11-19H,6-10H2,1-5H3. The number of hydrogen-bond donors (Lipinski definition) is 0. The Morgan fingerprint density at radius 2 is 1.74 bits per heavy atom. The Labute approximate surface area is 186 Å². The van der Waals surface area contributed by atoms with Crippen molar-refractivity contribution in [3.05, 3.63) is 76.5 Å². The zero-order valence-electron chi connectivity index (χ0n) is 19.4. The average Bonchev–Trinajstić information content (AvgIpc) is 3.15. The molecule has 0 radical (unpaired) electrons. The number of aryl methyl sites for hydroxylation is 3. The molecule has 0 N–H and O–H groups in total. The van der Waals surface area contributed by atoms with Gasteiger partial charge in [0.05, 0.1) is 16.9 Å². The Morgan fingerprint density at radius 1 is 1.00 bits per heavy atom. The van der Waals surface area contributed by atoms with Crippen LogP contribution in [0.1, 0.15) is 85.1 Å². The molecule has 0 saturated heterocycles. The molecule has 4 nitrogen and oxygen atoms in total. The van der Waals surface area contributed by atoms with Crippen molar-refractivity contribution in [2.24, 2.45) is 0 Å². The highest BCUT2D eigenvalue weighted by Gasteiger charge is 2.18. The number of carbonyl (C=O) groups is 1. The molecular formula is C27H34N2O2. The molecule has 31 heavy (non-hydrogen) atoms. The van der Waals surface area contributed by atoms with Crippen molar-refractivity contribution in [3.8, 4) is 11.6 Å². The van der Waals surface area contributed by atoms with Gasteiger partial charge in [-0.3, -0.25) is 0 Å². The molecule has 4 heteroatoms. The lowest BCUT2D eigenvalue weighted by Gasteiger charge is -2.11. The fourth-order valence-corrected chi connectivity index (χ4v) is 3.67. The van der Waals surface area contributed by atoms with Crippen molar-refractivity contribution in [3.63, 3.8) is 0 Å². The van der Waals surface area contributed by atoms with E-state index in [1.807, 2.05) is 49.4 Å². The lowest BCUT2D eigenvalue weighted by molar-refractivity contribution is 0.0723. The molecule has 0 aliphatic carbocycles. The lowest BCUT2D eigenvalue weighted by atomic mass is 10.0. The van der Waals surface area contributed by atoms with Gasteiger partial charge in [-0.05, 0) is 61.9 Å². The third kappa shape index (κ3) is 5.84. The van der Waals surface area contributed by atoms with Crippen molar-refractivity contribution in [1.29, 1.82) is 0 Å². The molecular weight excluding hydrogens is 384 g/mol. The maximum absolute atomic E-state index is 12.9. The first-order valence-electron chi connectivity index (χ1n) is 11.4. The number of ether oxygens (including phenoxy) is 1. The van der Waals surface area contributed by atoms with Crippen LogP contribution in [0.2, 0.25) is 0 Å². The smallest absolute Gasteiger partial charge is 0.344 e. The maximum Gasteiger partial charge on any atom is 0.344 e. The van der Waals surface area contributed by atoms with E-state index < -0.39 is 0 Å². The molecule has 0 spiro atoms. The second-order valence-electron chi connectivity index (χ2n) is 8.66. The Hall–Kier alpha value is -2.88. The minimum Gasteiger partial charge on any atom is -0.404 e. The van der Waals surface area contributed by atoms with E-state index in [2.05, 4.69) is 33.8 Å². The third-order valence-electron chi connectivity index (χ3n) is 5.57. The molecule has 1 heterocycles. The highest BCUT2D eigenvalue weighted by molar-refractivity contribution is 5.91. The summed E-state index contributed by atoms with van der Waals surface area (Å²) in [5, 5.41) is 4.72. The molecule has 0 saturated carbocycles. The molecule has 2 aromatic carbocycles. The van der Waals surface area contributed by atoms with Gasteiger partial charge in [0.15, 0.2) is 0 Å². The molecule has 0 bridgehead atoms. The Bertz CT molecular complexity index is 1020. The predicted octanol–water partition coefficient (Wildman–Crippen LogP) is 6.95. The van der Waals surface area contributed by atoms with Gasteiger partial charge >= 0.3 is 5.97 Å². The van der Waals surface area contributed by atoms with E-state index in [4.69, 9.17) is 9.84 Å². The molecule has 3 aromatic rings. The fraction of sp³-hybridized carbons (Fsp3) is 0.407. The lowest BCUT2D eigenvalue weighted by Crippen LogP contribution is -2.12. The highest BCUT2D eigenvalue weighted by Crippen LogP contribution is 2.27. The summed E-state index contributed by atoms with van der Waals surface area (Å²) in [5.74, 6) is 0.319. The van der Waals surface area contributed by atoms with Gasteiger partial charge in [0.1, 0.15) is 0 Å². The summed E-state index contributed by atoms with van der Waals surface area (Å²) in [5.41, 5.74) is 5.90. The van der Waals surface area contributed by atoms with Gasteiger partial charge in [-0.1, -0.05) is 69.9 Å². The van der Waals surface area contributed by atoms with E-state index in [0.29, 0.717) is 11.4 Å². The van der Waals surface area contributed by atoms with Crippen molar-refractivity contribution in [1.82, 2.24) is 9.78 Å². The first-order valence-corrected chi connectivity index (χ1v) is 11.4. The van der Waals surface area contributed by atoms with E-state index in [9.17, 15) is 4.79 Å². The third-order valence-corrected chi connectivity index (χ3v) is 5.57. The summed E-state index contributed by atoms with van der Waals surface area (Å²) < 4.78 is 7.56. The van der Waals surface area contributed by atoms with Crippen LogP contribution in [0.15, 0.2) is 48.5 Å². The van der Waals surface area contributed by atoms with Crippen LogP contribution in [-0.2, 0) is 6.42 Å². The summed E-state index contributed by atoms with van der Waals surface area (Å²) in [6, 6.07) is 15.8. The van der Waals surface area contributed by atoms with Gasteiger partial charge in [0.2, 0.25) is 5.88 Å². The summed E-state index contributed by atoms with van der Waals surface area (Å²) in [7, 11) is 0. The zero-order chi connectivity index (χ0) is 22.4. The number of esters is 1. The number of carbonyl (C=O) groups excluding carboxylic acids is 1. The normalized spacial score (nSPS) is 11.2. The van der Waals surface area contributed by atoms with Crippen molar-refractivity contribution < 1.29 is 9.53 Å². The van der Waals surface area contributed by atoms with Crippen LogP contribution in [0, 0.1) is 13.8 Å². The quantitative estimate of drug-likeness (QED) is 0.279. The van der Waals surface area contributed by atoms with E-state index in [0.717, 1.165) is 23.4 Å². The molecule has 0 unspecified atom stereocenters. The van der Waals surface area contributed by atoms with Crippen molar-refractivity contribution >= 4 is 5.97 Å². The Kier molecular flexibility index (Phi) is 7.67. The van der Waals surface area contributed by atoms with Crippen LogP contribution in [0.3, 0.4) is 0 Å². The minimum atomic E-state index is -0.362. The van der Waals surface area contributed by atoms with E-state index >= 15 is 0 Å². The second-order valence-corrected chi connectivity index (χ2v) is 8.66. The van der Waals surface area contributed by atoms with Gasteiger partial charge in [-0.15, -0.1) is 0 Å². The topological polar surface area (TPSA) is 44.1 Å². The van der Waals surface area contributed by atoms with E-state index in [1.165, 1.54) is 36.8 Å². The molecule has 0 atom stereocenters. The largest absolute Gasteiger partial charge is 0.404 e. The average molecular weight is 419 g/mol. The summed E-state index contributed by atoms with van der Waals surface area (Å²) in [4.78, 5) is 12.9. The molecule has 0 fully saturated rings. The van der Waals surface area contributed by atoms with Crippen LogP contribution in [-0.4, -0.2) is 15.7 Å². The summed E-state index contributed by atoms with van der Waals surface area (Å²) >= 11 is 0. The highest BCUT2D eigenvalue weighted by atomic mass is 16.5. The second kappa shape index (κ2) is 10.4. The molecule has 164 valence electrons. The number of nitrogens with zero attached hydrogens (tertiary/aromatic N) is 2. The molecule has 3 rings (SSSR count). The van der Waals surface area contributed by atoms with Gasteiger partial charge in [0, 0.05) is 6.07 Å². The van der Waals surface area contributed by atoms with E-state index in [1.54, 1.807) is 4.68 Å². The van der Waals surface area contributed by atoms with Crippen LogP contribution in [0.25, 0.3) is 5.69 Å². The summed E-state index contributed by atoms with van der Waals surface area (Å²) in [6.45, 7) is 10.5. The monoisotopic (exact) mass is 418 g/mol. The number of rotatable bonds is 9.